The largest absolute Gasteiger partial charge is 0.483 e. The van der Waals surface area contributed by atoms with E-state index in [1.807, 2.05) is 0 Å². The first-order valence-electron chi connectivity index (χ1n) is 7.64. The quantitative estimate of drug-likeness (QED) is 0.693. The van der Waals surface area contributed by atoms with Crippen molar-refractivity contribution in [1.29, 1.82) is 0 Å². The standard InChI is InChI=1S/C16H14F7NO4/c1-13(2)7-8-5-4-6-9(10(8)28-13)27-12(26)24(3)11(25)14(17,18)15(19,20)16(21,22)23/h4-6H,7H2,1-3H3. The first-order valence-corrected chi connectivity index (χ1v) is 7.64. The molecule has 0 aliphatic carbocycles. The van der Waals surface area contributed by atoms with Crippen LogP contribution in [0.3, 0.4) is 0 Å². The molecule has 1 aromatic rings. The number of nitrogens with zero attached hydrogens (tertiary/aromatic N) is 1. The van der Waals surface area contributed by atoms with Gasteiger partial charge in [0.05, 0.1) is 0 Å². The van der Waals surface area contributed by atoms with E-state index < -0.39 is 40.5 Å². The highest BCUT2D eigenvalue weighted by atomic mass is 19.4. The highest BCUT2D eigenvalue weighted by molar-refractivity contribution is 5.97. The molecule has 2 rings (SSSR count). The molecule has 0 atom stereocenters. The van der Waals surface area contributed by atoms with Crippen LogP contribution >= 0.6 is 0 Å². The van der Waals surface area contributed by atoms with Crippen LogP contribution in [0.15, 0.2) is 18.2 Å². The van der Waals surface area contributed by atoms with Gasteiger partial charge in [0.1, 0.15) is 5.60 Å². The minimum absolute atomic E-state index is 0.0640. The van der Waals surface area contributed by atoms with Crippen molar-refractivity contribution in [2.75, 3.05) is 7.05 Å². The van der Waals surface area contributed by atoms with Crippen LogP contribution in [0.2, 0.25) is 0 Å². The van der Waals surface area contributed by atoms with Crippen molar-refractivity contribution in [1.82, 2.24) is 4.90 Å². The van der Waals surface area contributed by atoms with E-state index in [1.54, 1.807) is 19.9 Å². The third kappa shape index (κ3) is 3.59. The Labute approximate surface area is 154 Å². The summed E-state index contributed by atoms with van der Waals surface area (Å²) in [6.45, 7) is 3.40. The third-order valence-corrected chi connectivity index (χ3v) is 3.85. The zero-order valence-corrected chi connectivity index (χ0v) is 14.7. The molecule has 0 spiro atoms. The molecule has 0 N–H and O–H groups in total. The van der Waals surface area contributed by atoms with Gasteiger partial charge in [-0.25, -0.2) is 9.69 Å². The Bertz CT molecular complexity index is 805. The summed E-state index contributed by atoms with van der Waals surface area (Å²) in [5.41, 5.74) is -0.104. The number of benzene rings is 1. The summed E-state index contributed by atoms with van der Waals surface area (Å²) in [7, 11) is 0.291. The smallest absolute Gasteiger partial charge is 0.460 e. The second-order valence-corrected chi connectivity index (χ2v) is 6.66. The fourth-order valence-corrected chi connectivity index (χ4v) is 2.44. The molecule has 1 aliphatic rings. The lowest BCUT2D eigenvalue weighted by Gasteiger charge is -2.29. The Morgan fingerprint density at radius 2 is 1.68 bits per heavy atom. The number of carbonyl (C=O) groups excluding carboxylic acids is 2. The third-order valence-electron chi connectivity index (χ3n) is 3.85. The number of halogens is 7. The number of hydrogen-bond donors (Lipinski definition) is 0. The van der Waals surface area contributed by atoms with Crippen LogP contribution in [0.1, 0.15) is 19.4 Å². The number of rotatable bonds is 3. The first kappa shape index (κ1) is 21.8. The number of fused-ring (bicyclic) bond motifs is 1. The van der Waals surface area contributed by atoms with Gasteiger partial charge in [-0.15, -0.1) is 0 Å². The van der Waals surface area contributed by atoms with Crippen LogP contribution in [-0.2, 0) is 11.2 Å². The van der Waals surface area contributed by atoms with Gasteiger partial charge in [-0.2, -0.15) is 30.7 Å². The van der Waals surface area contributed by atoms with E-state index in [4.69, 9.17) is 9.47 Å². The second kappa shape index (κ2) is 6.52. The molecule has 0 saturated carbocycles. The number of para-hydroxylation sites is 1. The van der Waals surface area contributed by atoms with Gasteiger partial charge in [-0.05, 0) is 19.9 Å². The van der Waals surface area contributed by atoms with Crippen molar-refractivity contribution in [2.24, 2.45) is 0 Å². The fourth-order valence-electron chi connectivity index (χ4n) is 2.44. The minimum atomic E-state index is -6.71. The summed E-state index contributed by atoms with van der Waals surface area (Å²) >= 11 is 0. The minimum Gasteiger partial charge on any atom is -0.483 e. The molecular weight excluding hydrogens is 403 g/mol. The summed E-state index contributed by atoms with van der Waals surface area (Å²) in [6.07, 6.45) is -8.20. The molecule has 1 aliphatic heterocycles. The Morgan fingerprint density at radius 3 is 2.21 bits per heavy atom. The lowest BCUT2D eigenvalue weighted by atomic mass is 10.0. The van der Waals surface area contributed by atoms with E-state index in [1.165, 1.54) is 12.1 Å². The average molecular weight is 417 g/mol. The second-order valence-electron chi connectivity index (χ2n) is 6.66. The Morgan fingerprint density at radius 1 is 1.11 bits per heavy atom. The zero-order valence-electron chi connectivity index (χ0n) is 14.7. The van der Waals surface area contributed by atoms with Gasteiger partial charge in [-0.3, -0.25) is 4.79 Å². The van der Waals surface area contributed by atoms with E-state index in [0.29, 0.717) is 19.0 Å². The van der Waals surface area contributed by atoms with Gasteiger partial charge in [0, 0.05) is 19.0 Å². The molecule has 12 heteroatoms. The molecule has 0 unspecified atom stereocenters. The van der Waals surface area contributed by atoms with Gasteiger partial charge in [0.2, 0.25) is 0 Å². The Hall–Kier alpha value is -2.53. The molecule has 28 heavy (non-hydrogen) atoms. The van der Waals surface area contributed by atoms with Crippen molar-refractivity contribution < 1.29 is 49.8 Å². The summed E-state index contributed by atoms with van der Waals surface area (Å²) in [6, 6.07) is 4.22. The highest BCUT2D eigenvalue weighted by Gasteiger charge is 2.77. The predicted octanol–water partition coefficient (Wildman–Crippen LogP) is 4.19. The van der Waals surface area contributed by atoms with Gasteiger partial charge in [0.25, 0.3) is 0 Å². The molecule has 156 valence electrons. The van der Waals surface area contributed by atoms with E-state index in [9.17, 15) is 40.3 Å². The SMILES string of the molecule is CN(C(=O)Oc1cccc2c1OC(C)(C)C2)C(=O)C(F)(F)C(F)(F)C(F)(F)F. The van der Waals surface area contributed by atoms with Crippen LogP contribution in [-0.4, -0.2) is 47.6 Å². The maximum Gasteiger partial charge on any atom is 0.460 e. The first-order chi connectivity index (χ1) is 12.5. The van der Waals surface area contributed by atoms with Crippen LogP contribution in [0.4, 0.5) is 35.5 Å². The van der Waals surface area contributed by atoms with Crippen molar-refractivity contribution >= 4 is 12.0 Å². The Kier molecular flexibility index (Phi) is 5.07. The van der Waals surface area contributed by atoms with Gasteiger partial charge >= 0.3 is 30.0 Å². The monoisotopic (exact) mass is 417 g/mol. The molecule has 1 aromatic carbocycles. The summed E-state index contributed by atoms with van der Waals surface area (Å²) in [5.74, 6) is -16.2. The number of hydrogen-bond acceptors (Lipinski definition) is 4. The molecule has 0 aromatic heterocycles. The number of carbonyl (C=O) groups is 2. The Balaban J connectivity index is 2.23. The normalized spacial score (nSPS) is 16.2. The number of imide groups is 1. The van der Waals surface area contributed by atoms with Crippen LogP contribution in [0, 0.1) is 0 Å². The van der Waals surface area contributed by atoms with Crippen molar-refractivity contribution in [2.45, 2.75) is 43.9 Å². The van der Waals surface area contributed by atoms with Crippen LogP contribution < -0.4 is 9.47 Å². The summed E-state index contributed by atoms with van der Waals surface area (Å²) in [5, 5.41) is 0. The molecule has 5 nitrogen and oxygen atoms in total. The molecule has 0 bridgehead atoms. The van der Waals surface area contributed by atoms with Gasteiger partial charge in [-0.1, -0.05) is 12.1 Å². The van der Waals surface area contributed by atoms with Crippen LogP contribution in [0.5, 0.6) is 11.5 Å². The van der Waals surface area contributed by atoms with E-state index >= 15 is 0 Å². The molecular formula is C16H14F7NO4. The molecule has 0 saturated heterocycles. The highest BCUT2D eigenvalue weighted by Crippen LogP contribution is 2.47. The van der Waals surface area contributed by atoms with Crippen molar-refractivity contribution in [3.63, 3.8) is 0 Å². The van der Waals surface area contributed by atoms with E-state index in [0.717, 1.165) is 0 Å². The number of ether oxygens (including phenoxy) is 2. The lowest BCUT2D eigenvalue weighted by molar-refractivity contribution is -0.345. The summed E-state index contributed by atoms with van der Waals surface area (Å²) in [4.78, 5) is 22.7. The lowest BCUT2D eigenvalue weighted by Crippen LogP contribution is -2.60. The topological polar surface area (TPSA) is 55.8 Å². The molecule has 1 heterocycles. The maximum atomic E-state index is 13.5. The van der Waals surface area contributed by atoms with Crippen molar-refractivity contribution in [3.8, 4) is 11.5 Å². The zero-order chi connectivity index (χ0) is 21.7. The van der Waals surface area contributed by atoms with Gasteiger partial charge < -0.3 is 9.47 Å². The molecule has 0 fully saturated rings. The van der Waals surface area contributed by atoms with Crippen LogP contribution in [0.25, 0.3) is 0 Å². The molecule has 2 amide bonds. The molecule has 0 radical (unpaired) electrons. The van der Waals surface area contributed by atoms with Gasteiger partial charge in [0.15, 0.2) is 11.5 Å². The van der Waals surface area contributed by atoms with E-state index in [-0.39, 0.29) is 11.5 Å². The number of amides is 2. The number of alkyl halides is 7. The van der Waals surface area contributed by atoms with E-state index in [2.05, 4.69) is 0 Å². The average Bonchev–Trinajstić information content (AvgIpc) is 2.87. The fraction of sp³-hybridized carbons (Fsp3) is 0.500. The van der Waals surface area contributed by atoms with Crippen molar-refractivity contribution in [3.05, 3.63) is 23.8 Å². The predicted molar refractivity (Wildman–Crippen MR) is 79.6 cm³/mol. The maximum absolute atomic E-state index is 13.5. The summed E-state index contributed by atoms with van der Waals surface area (Å²) < 4.78 is 99.7.